The first-order valence-electron chi connectivity index (χ1n) is 7.97. The van der Waals surface area contributed by atoms with Gasteiger partial charge >= 0.3 is 5.97 Å². The average Bonchev–Trinajstić information content (AvgIpc) is 2.83. The van der Waals surface area contributed by atoms with Crippen molar-refractivity contribution in [3.05, 3.63) is 40.3 Å². The van der Waals surface area contributed by atoms with E-state index in [-0.39, 0.29) is 11.8 Å². The van der Waals surface area contributed by atoms with Crippen molar-refractivity contribution in [3.8, 4) is 0 Å². The van der Waals surface area contributed by atoms with Crippen LogP contribution in [0.4, 0.5) is 0 Å². The molecule has 0 saturated carbocycles. The van der Waals surface area contributed by atoms with Crippen molar-refractivity contribution < 1.29 is 14.7 Å². The molecular weight excluding hydrogens is 342 g/mol. The third-order valence-corrected chi connectivity index (χ3v) is 5.55. The fourth-order valence-electron chi connectivity index (χ4n) is 2.55. The summed E-state index contributed by atoms with van der Waals surface area (Å²) in [5.41, 5.74) is 2.13. The zero-order chi connectivity index (χ0) is 17.9. The number of hydrogen-bond acceptors (Lipinski definition) is 4. The summed E-state index contributed by atoms with van der Waals surface area (Å²) in [6, 6.07) is 7.02. The summed E-state index contributed by atoms with van der Waals surface area (Å²) in [7, 11) is 0. The van der Waals surface area contributed by atoms with Gasteiger partial charge in [-0.2, -0.15) is 0 Å². The lowest BCUT2D eigenvalue weighted by Gasteiger charge is -2.27. The zero-order valence-electron chi connectivity index (χ0n) is 14.0. The molecule has 1 aromatic carbocycles. The lowest BCUT2D eigenvalue weighted by molar-refractivity contribution is -0.147. The Morgan fingerprint density at radius 1 is 1.33 bits per heavy atom. The number of thioether (sulfide) groups is 1. The molecule has 0 unspecified atom stereocenters. The summed E-state index contributed by atoms with van der Waals surface area (Å²) < 4.78 is 0.309. The molecule has 1 saturated heterocycles. The zero-order valence-corrected chi connectivity index (χ0v) is 15.6. The van der Waals surface area contributed by atoms with Crippen LogP contribution in [0, 0.1) is 5.92 Å². The van der Waals surface area contributed by atoms with Crippen molar-refractivity contribution in [2.75, 3.05) is 0 Å². The molecule has 1 aromatic rings. The minimum Gasteiger partial charge on any atom is -0.480 e. The van der Waals surface area contributed by atoms with Crippen LogP contribution in [0.1, 0.15) is 38.3 Å². The first-order valence-corrected chi connectivity index (χ1v) is 9.20. The van der Waals surface area contributed by atoms with E-state index in [9.17, 15) is 14.7 Å². The molecular formula is C18H21NO3S2. The Morgan fingerprint density at radius 3 is 2.46 bits per heavy atom. The van der Waals surface area contributed by atoms with Gasteiger partial charge in [-0.1, -0.05) is 75.4 Å². The highest BCUT2D eigenvalue weighted by atomic mass is 32.2. The maximum atomic E-state index is 12.7. The minimum absolute atomic E-state index is 0.173. The van der Waals surface area contributed by atoms with Gasteiger partial charge in [0, 0.05) is 0 Å². The standard InChI is InChI=1S/C18H21NO3S2/c1-4-11(3)15(17(21)22)19-16(20)14(24-18(19)23)10-13-8-6-12(5-2)7-9-13/h6-11,15H,4-5H2,1-3H3,(H,21,22)/b14-10-/t11-,15+/m0/s1. The Morgan fingerprint density at radius 2 is 1.96 bits per heavy atom. The third kappa shape index (κ3) is 3.87. The van der Waals surface area contributed by atoms with Gasteiger partial charge in [-0.05, 0) is 29.5 Å². The molecule has 1 amide bonds. The Labute approximate surface area is 151 Å². The normalized spacial score (nSPS) is 19.0. The monoisotopic (exact) mass is 363 g/mol. The molecule has 1 N–H and O–H groups in total. The first kappa shape index (κ1) is 18.7. The molecule has 1 fully saturated rings. The highest BCUT2D eigenvalue weighted by Gasteiger charge is 2.42. The summed E-state index contributed by atoms with van der Waals surface area (Å²) in [4.78, 5) is 26.1. The molecule has 0 radical (unpaired) electrons. The van der Waals surface area contributed by atoms with E-state index in [0.29, 0.717) is 15.6 Å². The van der Waals surface area contributed by atoms with Gasteiger partial charge in [0.25, 0.3) is 5.91 Å². The van der Waals surface area contributed by atoms with Gasteiger partial charge in [0.15, 0.2) is 0 Å². The van der Waals surface area contributed by atoms with E-state index in [2.05, 4.69) is 6.92 Å². The highest BCUT2D eigenvalue weighted by Crippen LogP contribution is 2.36. The molecule has 128 valence electrons. The molecule has 2 rings (SSSR count). The maximum Gasteiger partial charge on any atom is 0.327 e. The van der Waals surface area contributed by atoms with E-state index in [4.69, 9.17) is 12.2 Å². The number of carboxylic acids is 1. The molecule has 0 bridgehead atoms. The maximum absolute atomic E-state index is 12.7. The lowest BCUT2D eigenvalue weighted by atomic mass is 9.98. The van der Waals surface area contributed by atoms with Crippen molar-refractivity contribution in [2.45, 2.75) is 39.7 Å². The van der Waals surface area contributed by atoms with E-state index in [1.807, 2.05) is 38.1 Å². The van der Waals surface area contributed by atoms with Crippen LogP contribution in [0.2, 0.25) is 0 Å². The second-order valence-corrected chi connectivity index (χ2v) is 7.49. The van der Waals surface area contributed by atoms with Crippen LogP contribution < -0.4 is 0 Å². The lowest BCUT2D eigenvalue weighted by Crippen LogP contribution is -2.47. The Bertz CT molecular complexity index is 682. The Hall–Kier alpha value is -1.66. The van der Waals surface area contributed by atoms with Crippen molar-refractivity contribution >= 4 is 46.3 Å². The number of aryl methyl sites for hydroxylation is 1. The van der Waals surface area contributed by atoms with Crippen molar-refractivity contribution in [3.63, 3.8) is 0 Å². The van der Waals surface area contributed by atoms with Crippen LogP contribution in [0.3, 0.4) is 0 Å². The van der Waals surface area contributed by atoms with E-state index in [1.54, 1.807) is 6.08 Å². The average molecular weight is 364 g/mol. The fraction of sp³-hybridized carbons (Fsp3) is 0.389. The predicted octanol–water partition coefficient (Wildman–Crippen LogP) is 3.95. The van der Waals surface area contributed by atoms with Crippen LogP contribution in [0.25, 0.3) is 6.08 Å². The van der Waals surface area contributed by atoms with Crippen LogP contribution in [-0.4, -0.2) is 32.2 Å². The largest absolute Gasteiger partial charge is 0.480 e. The first-order chi connectivity index (χ1) is 11.4. The van der Waals surface area contributed by atoms with E-state index in [0.717, 1.165) is 12.0 Å². The number of amides is 1. The van der Waals surface area contributed by atoms with Crippen molar-refractivity contribution in [1.82, 2.24) is 4.90 Å². The molecule has 0 aromatic heterocycles. The van der Waals surface area contributed by atoms with E-state index >= 15 is 0 Å². The number of aliphatic carboxylic acids is 1. The second kappa shape index (κ2) is 7.94. The molecule has 0 spiro atoms. The third-order valence-electron chi connectivity index (χ3n) is 4.22. The van der Waals surface area contributed by atoms with Gasteiger partial charge in [-0.3, -0.25) is 9.69 Å². The Balaban J connectivity index is 2.29. The van der Waals surface area contributed by atoms with Crippen LogP contribution in [0.15, 0.2) is 29.2 Å². The van der Waals surface area contributed by atoms with Gasteiger partial charge in [-0.25, -0.2) is 4.79 Å². The number of benzene rings is 1. The number of hydrogen-bond donors (Lipinski definition) is 1. The topological polar surface area (TPSA) is 57.6 Å². The van der Waals surface area contributed by atoms with Gasteiger partial charge in [0.1, 0.15) is 10.4 Å². The van der Waals surface area contributed by atoms with Gasteiger partial charge in [0.2, 0.25) is 0 Å². The number of thiocarbonyl (C=S) groups is 1. The van der Waals surface area contributed by atoms with Crippen molar-refractivity contribution in [2.24, 2.45) is 5.92 Å². The van der Waals surface area contributed by atoms with E-state index < -0.39 is 12.0 Å². The quantitative estimate of drug-likeness (QED) is 0.613. The van der Waals surface area contributed by atoms with Gasteiger partial charge in [-0.15, -0.1) is 0 Å². The molecule has 4 nitrogen and oxygen atoms in total. The molecule has 24 heavy (non-hydrogen) atoms. The number of carbonyl (C=O) groups is 2. The SMILES string of the molecule is CCc1ccc(/C=C2\SC(=S)N([C@@H](C(=O)O)[C@@H](C)CC)C2=O)cc1. The molecule has 6 heteroatoms. The van der Waals surface area contributed by atoms with Crippen LogP contribution in [0.5, 0.6) is 0 Å². The summed E-state index contributed by atoms with van der Waals surface area (Å²) >= 11 is 6.44. The number of carbonyl (C=O) groups excluding carboxylic acids is 1. The number of nitrogens with zero attached hydrogens (tertiary/aromatic N) is 1. The molecule has 1 heterocycles. The molecule has 0 aliphatic carbocycles. The number of rotatable bonds is 6. The van der Waals surface area contributed by atoms with Gasteiger partial charge in [0.05, 0.1) is 4.91 Å². The Kier molecular flexibility index (Phi) is 6.18. The smallest absolute Gasteiger partial charge is 0.327 e. The fourth-order valence-corrected chi connectivity index (χ4v) is 3.88. The summed E-state index contributed by atoms with van der Waals surface area (Å²) in [5.74, 6) is -1.51. The molecule has 1 aliphatic heterocycles. The summed E-state index contributed by atoms with van der Waals surface area (Å²) in [6.45, 7) is 5.81. The van der Waals surface area contributed by atoms with Crippen LogP contribution >= 0.6 is 24.0 Å². The highest BCUT2D eigenvalue weighted by molar-refractivity contribution is 8.26. The summed E-state index contributed by atoms with van der Waals surface area (Å²) in [5, 5.41) is 9.52. The molecule has 2 atom stereocenters. The minimum atomic E-state index is -1.02. The van der Waals surface area contributed by atoms with Crippen molar-refractivity contribution in [1.29, 1.82) is 0 Å². The van der Waals surface area contributed by atoms with Gasteiger partial charge < -0.3 is 5.11 Å². The van der Waals surface area contributed by atoms with Crippen LogP contribution in [-0.2, 0) is 16.0 Å². The molecule has 1 aliphatic rings. The second-order valence-electron chi connectivity index (χ2n) is 5.82. The number of carboxylic acid groups (broad SMARTS) is 1. The van der Waals surface area contributed by atoms with E-state index in [1.165, 1.54) is 22.2 Å². The predicted molar refractivity (Wildman–Crippen MR) is 102 cm³/mol. The summed E-state index contributed by atoms with van der Waals surface area (Å²) in [6.07, 6.45) is 3.39.